The number of nitro benzene ring substituents is 1. The van der Waals surface area contributed by atoms with Crippen molar-refractivity contribution in [1.29, 1.82) is 0 Å². The fourth-order valence-electron chi connectivity index (χ4n) is 5.04. The zero-order valence-electron chi connectivity index (χ0n) is 20.9. The molecule has 0 saturated carbocycles. The zero-order valence-corrected chi connectivity index (χ0v) is 21.7. The quantitative estimate of drug-likeness (QED) is 0.297. The number of methoxy groups -OCH3 is 2. The average molecular weight is 527 g/mol. The minimum absolute atomic E-state index is 0.131. The number of carbonyl (C=O) groups excluding carboxylic acids is 2. The van der Waals surface area contributed by atoms with Gasteiger partial charge >= 0.3 is 5.97 Å². The van der Waals surface area contributed by atoms with Gasteiger partial charge < -0.3 is 19.5 Å². The highest BCUT2D eigenvalue weighted by Gasteiger charge is 2.42. The molecule has 0 unspecified atom stereocenters. The van der Waals surface area contributed by atoms with Gasteiger partial charge in [-0.25, -0.2) is 4.79 Å². The van der Waals surface area contributed by atoms with E-state index in [1.54, 1.807) is 34.1 Å². The van der Waals surface area contributed by atoms with Gasteiger partial charge in [-0.3, -0.25) is 14.9 Å². The number of nitrogens with one attached hydrogen (secondary N) is 1. The van der Waals surface area contributed by atoms with Crippen molar-refractivity contribution in [3.8, 4) is 11.5 Å². The van der Waals surface area contributed by atoms with Crippen molar-refractivity contribution in [3.63, 3.8) is 0 Å². The van der Waals surface area contributed by atoms with Gasteiger partial charge in [-0.1, -0.05) is 17.7 Å². The van der Waals surface area contributed by atoms with E-state index in [-0.39, 0.29) is 41.0 Å². The maximum atomic E-state index is 13.7. The van der Waals surface area contributed by atoms with Gasteiger partial charge in [0, 0.05) is 46.5 Å². The van der Waals surface area contributed by atoms with Crippen LogP contribution in [-0.4, -0.2) is 37.5 Å². The number of Topliss-reactive ketones (excluding diaryl/α,β-unsaturated/α-hetero) is 1. The van der Waals surface area contributed by atoms with Crippen LogP contribution in [0.25, 0.3) is 0 Å². The normalized spacial score (nSPS) is 19.2. The molecule has 0 amide bonds. The number of esters is 1. The Kier molecular flexibility index (Phi) is 7.54. The first kappa shape index (κ1) is 26.2. The summed E-state index contributed by atoms with van der Waals surface area (Å²) in [6, 6.07) is 9.57. The highest BCUT2D eigenvalue weighted by atomic mass is 35.5. The highest BCUT2D eigenvalue weighted by molar-refractivity contribution is 6.31. The van der Waals surface area contributed by atoms with E-state index in [0.29, 0.717) is 40.5 Å². The molecular weight excluding hydrogens is 500 g/mol. The van der Waals surface area contributed by atoms with Crippen LogP contribution in [0.4, 0.5) is 5.69 Å². The minimum atomic E-state index is -0.901. The van der Waals surface area contributed by atoms with E-state index in [4.69, 9.17) is 25.8 Å². The van der Waals surface area contributed by atoms with Gasteiger partial charge in [0.05, 0.1) is 31.3 Å². The molecular formula is C27H27ClN2O7. The number of carbonyl (C=O) groups is 2. The summed E-state index contributed by atoms with van der Waals surface area (Å²) in [6.07, 6.45) is 0.654. The molecule has 0 bridgehead atoms. The van der Waals surface area contributed by atoms with E-state index in [0.717, 1.165) is 5.56 Å². The Labute approximate surface area is 219 Å². The monoisotopic (exact) mass is 526 g/mol. The zero-order chi connectivity index (χ0) is 26.9. The molecule has 1 heterocycles. The summed E-state index contributed by atoms with van der Waals surface area (Å²) in [5.41, 5.74) is 2.76. The van der Waals surface area contributed by atoms with Gasteiger partial charge in [0.2, 0.25) is 0 Å². The molecule has 9 nitrogen and oxygen atoms in total. The van der Waals surface area contributed by atoms with Gasteiger partial charge in [0.1, 0.15) is 0 Å². The Morgan fingerprint density at radius 3 is 2.51 bits per heavy atom. The third-order valence-electron chi connectivity index (χ3n) is 6.70. The molecule has 1 aliphatic heterocycles. The van der Waals surface area contributed by atoms with E-state index in [9.17, 15) is 19.7 Å². The molecule has 1 N–H and O–H groups in total. The van der Waals surface area contributed by atoms with Crippen molar-refractivity contribution in [1.82, 2.24) is 5.32 Å². The molecule has 37 heavy (non-hydrogen) atoms. The molecule has 0 aromatic heterocycles. The molecule has 4 rings (SSSR count). The van der Waals surface area contributed by atoms with E-state index in [1.165, 1.54) is 18.2 Å². The number of ether oxygens (including phenoxy) is 3. The Morgan fingerprint density at radius 1 is 1.14 bits per heavy atom. The Morgan fingerprint density at radius 2 is 1.86 bits per heavy atom. The van der Waals surface area contributed by atoms with Crippen LogP contribution in [0.15, 0.2) is 58.9 Å². The van der Waals surface area contributed by atoms with Crippen molar-refractivity contribution in [2.45, 2.75) is 38.5 Å². The first-order chi connectivity index (χ1) is 17.7. The lowest BCUT2D eigenvalue weighted by molar-refractivity contribution is -0.384. The second-order valence-electron chi connectivity index (χ2n) is 8.82. The summed E-state index contributed by atoms with van der Waals surface area (Å²) >= 11 is 6.52. The number of hydrogen-bond donors (Lipinski definition) is 1. The van der Waals surface area contributed by atoms with Crippen molar-refractivity contribution < 1.29 is 28.7 Å². The number of nitro groups is 1. The lowest BCUT2D eigenvalue weighted by atomic mass is 9.71. The third kappa shape index (κ3) is 4.91. The maximum Gasteiger partial charge on any atom is 0.336 e. The number of non-ortho nitro benzene ring substituents is 1. The SMILES string of the molecule is CCOC(=O)C1=C(C)NC2=C(C(=O)C[C@H](c3ccc(OC)c(OC)c3)C2)[C@H]1c1cc([N+](=O)[O-])ccc1Cl. The number of hydrogen-bond acceptors (Lipinski definition) is 8. The molecule has 0 saturated heterocycles. The van der Waals surface area contributed by atoms with Crippen LogP contribution >= 0.6 is 11.6 Å². The lowest BCUT2D eigenvalue weighted by Gasteiger charge is -2.37. The van der Waals surface area contributed by atoms with E-state index < -0.39 is 16.8 Å². The number of halogens is 1. The fourth-order valence-corrected chi connectivity index (χ4v) is 5.26. The fraction of sp³-hybridized carbons (Fsp3) is 0.333. The van der Waals surface area contributed by atoms with E-state index in [2.05, 4.69) is 5.32 Å². The van der Waals surface area contributed by atoms with Gasteiger partial charge in [0.25, 0.3) is 5.69 Å². The van der Waals surface area contributed by atoms with Crippen LogP contribution in [0.5, 0.6) is 11.5 Å². The molecule has 0 fully saturated rings. The number of dihydropyridines is 1. The summed E-state index contributed by atoms with van der Waals surface area (Å²) in [6.45, 7) is 3.54. The Balaban J connectivity index is 1.84. The second kappa shape index (κ2) is 10.6. The molecule has 1 aliphatic carbocycles. The van der Waals surface area contributed by atoms with Crippen LogP contribution in [0.3, 0.4) is 0 Å². The number of rotatable bonds is 7. The molecule has 2 aromatic rings. The van der Waals surface area contributed by atoms with E-state index in [1.807, 2.05) is 12.1 Å². The Bertz CT molecular complexity index is 1350. The number of allylic oxidation sites excluding steroid dienone is 3. The summed E-state index contributed by atoms with van der Waals surface area (Å²) < 4.78 is 16.1. The van der Waals surface area contributed by atoms with Crippen LogP contribution in [0.2, 0.25) is 5.02 Å². The van der Waals surface area contributed by atoms with Crippen molar-refractivity contribution in [2.24, 2.45) is 0 Å². The predicted molar refractivity (Wildman–Crippen MR) is 137 cm³/mol. The molecule has 194 valence electrons. The smallest absolute Gasteiger partial charge is 0.336 e. The predicted octanol–water partition coefficient (Wildman–Crippen LogP) is 5.19. The first-order valence-electron chi connectivity index (χ1n) is 11.8. The second-order valence-corrected chi connectivity index (χ2v) is 9.22. The average Bonchev–Trinajstić information content (AvgIpc) is 2.87. The molecule has 2 aromatic carbocycles. The summed E-state index contributed by atoms with van der Waals surface area (Å²) in [4.78, 5) is 37.8. The Hall–Kier alpha value is -3.85. The van der Waals surface area contributed by atoms with Crippen LogP contribution < -0.4 is 14.8 Å². The highest BCUT2D eigenvalue weighted by Crippen LogP contribution is 2.48. The number of ketones is 1. The molecule has 2 atom stereocenters. The molecule has 0 radical (unpaired) electrons. The van der Waals surface area contributed by atoms with Gasteiger partial charge in [-0.05, 0) is 55.5 Å². The van der Waals surface area contributed by atoms with Gasteiger partial charge in [0.15, 0.2) is 17.3 Å². The number of nitrogens with zero attached hydrogens (tertiary/aromatic N) is 1. The summed E-state index contributed by atoms with van der Waals surface area (Å²) in [5.74, 6) is -0.705. The lowest BCUT2D eigenvalue weighted by Crippen LogP contribution is -2.36. The summed E-state index contributed by atoms with van der Waals surface area (Å²) in [7, 11) is 3.11. The van der Waals surface area contributed by atoms with Crippen molar-refractivity contribution in [3.05, 3.63) is 85.2 Å². The standard InChI is InChI=1S/C27H27ClN2O7/c1-5-37-27(32)24-14(2)29-20-10-16(15-6-9-22(35-3)23(12-15)36-4)11-21(31)26(20)25(24)18-13-17(30(33)34)7-8-19(18)28/h6-9,12-13,16,25,29H,5,10-11H2,1-4H3/t16-,25+/m1/s1. The van der Waals surface area contributed by atoms with Crippen LogP contribution in [0.1, 0.15) is 49.7 Å². The number of benzene rings is 2. The summed E-state index contributed by atoms with van der Waals surface area (Å²) in [5, 5.41) is 15.0. The molecule has 0 spiro atoms. The first-order valence-corrected chi connectivity index (χ1v) is 12.1. The van der Waals surface area contributed by atoms with E-state index >= 15 is 0 Å². The minimum Gasteiger partial charge on any atom is -0.493 e. The topological polar surface area (TPSA) is 117 Å². The van der Waals surface area contributed by atoms with Crippen LogP contribution in [0, 0.1) is 10.1 Å². The molecule has 10 heteroatoms. The third-order valence-corrected chi connectivity index (χ3v) is 7.05. The van der Waals surface area contributed by atoms with Crippen molar-refractivity contribution in [2.75, 3.05) is 20.8 Å². The molecule has 2 aliphatic rings. The van der Waals surface area contributed by atoms with Gasteiger partial charge in [-0.15, -0.1) is 0 Å². The maximum absolute atomic E-state index is 13.7. The largest absolute Gasteiger partial charge is 0.493 e. The van der Waals surface area contributed by atoms with Crippen molar-refractivity contribution >= 4 is 29.0 Å². The van der Waals surface area contributed by atoms with Crippen LogP contribution in [-0.2, 0) is 14.3 Å². The van der Waals surface area contributed by atoms with Gasteiger partial charge in [-0.2, -0.15) is 0 Å².